The second-order valence-electron chi connectivity index (χ2n) is 4.88. The molecule has 0 spiro atoms. The van der Waals surface area contributed by atoms with Gasteiger partial charge in [0.25, 0.3) is 0 Å². The Balaban J connectivity index is 3.00. The third-order valence-electron chi connectivity index (χ3n) is 2.83. The van der Waals surface area contributed by atoms with Crippen molar-refractivity contribution in [1.82, 2.24) is 9.62 Å². The van der Waals surface area contributed by atoms with Crippen LogP contribution in [0.2, 0.25) is 0 Å². The lowest BCUT2D eigenvalue weighted by Crippen LogP contribution is -2.31. The standard InChI is InChI=1S/C13H23BrN2O3S/c1-5-7-16(6-2)20(17,18)12-8-11(19-13(12)14)9-15-10(3)4/h8,10,15H,5-7,9H2,1-4H3. The number of nitrogens with zero attached hydrogens (tertiary/aromatic N) is 1. The van der Waals surface area contributed by atoms with Crippen molar-refractivity contribution in [2.24, 2.45) is 0 Å². The maximum Gasteiger partial charge on any atom is 0.247 e. The zero-order valence-electron chi connectivity index (χ0n) is 12.4. The van der Waals surface area contributed by atoms with Gasteiger partial charge in [-0.05, 0) is 22.4 Å². The first-order valence-electron chi connectivity index (χ1n) is 6.84. The van der Waals surface area contributed by atoms with E-state index in [4.69, 9.17) is 4.42 Å². The number of hydrogen-bond acceptors (Lipinski definition) is 4. The lowest BCUT2D eigenvalue weighted by atomic mass is 10.3. The van der Waals surface area contributed by atoms with Gasteiger partial charge in [-0.3, -0.25) is 0 Å². The summed E-state index contributed by atoms with van der Waals surface area (Å²) in [6.07, 6.45) is 0.782. The molecule has 0 aliphatic rings. The maximum atomic E-state index is 12.5. The van der Waals surface area contributed by atoms with Crippen LogP contribution in [0, 0.1) is 0 Å². The van der Waals surface area contributed by atoms with Gasteiger partial charge in [0.15, 0.2) is 4.67 Å². The fourth-order valence-corrected chi connectivity index (χ4v) is 4.30. The Morgan fingerprint density at radius 3 is 2.55 bits per heavy atom. The lowest BCUT2D eigenvalue weighted by Gasteiger charge is -2.18. The Morgan fingerprint density at radius 2 is 2.05 bits per heavy atom. The highest BCUT2D eigenvalue weighted by Gasteiger charge is 2.28. The Labute approximate surface area is 129 Å². The van der Waals surface area contributed by atoms with Crippen LogP contribution in [0.1, 0.15) is 39.9 Å². The Bertz CT molecular complexity index is 526. The normalized spacial score (nSPS) is 12.6. The molecule has 0 radical (unpaired) electrons. The maximum absolute atomic E-state index is 12.5. The third-order valence-corrected chi connectivity index (χ3v) is 5.67. The summed E-state index contributed by atoms with van der Waals surface area (Å²) in [5.74, 6) is 0.608. The first-order chi connectivity index (χ1) is 9.32. The highest BCUT2D eigenvalue weighted by atomic mass is 79.9. The molecule has 116 valence electrons. The van der Waals surface area contributed by atoms with Gasteiger partial charge in [-0.25, -0.2) is 8.42 Å². The molecule has 5 nitrogen and oxygen atoms in total. The van der Waals surface area contributed by atoms with E-state index in [0.29, 0.717) is 31.4 Å². The molecule has 0 saturated heterocycles. The molecule has 1 rings (SSSR count). The SMILES string of the molecule is CCCN(CC)S(=O)(=O)c1cc(CNC(C)C)oc1Br. The molecular weight excluding hydrogens is 344 g/mol. The Morgan fingerprint density at radius 1 is 1.40 bits per heavy atom. The molecule has 0 aromatic carbocycles. The molecule has 7 heteroatoms. The molecule has 1 aromatic heterocycles. The summed E-state index contributed by atoms with van der Waals surface area (Å²) in [7, 11) is -3.50. The second kappa shape index (κ2) is 7.59. The van der Waals surface area contributed by atoms with Gasteiger partial charge >= 0.3 is 0 Å². The summed E-state index contributed by atoms with van der Waals surface area (Å²) in [6.45, 7) is 9.31. The summed E-state index contributed by atoms with van der Waals surface area (Å²) in [4.78, 5) is 0.202. The summed E-state index contributed by atoms with van der Waals surface area (Å²) in [6, 6.07) is 1.90. The molecule has 0 saturated carbocycles. The monoisotopic (exact) mass is 366 g/mol. The van der Waals surface area contributed by atoms with Crippen molar-refractivity contribution in [1.29, 1.82) is 0 Å². The van der Waals surface area contributed by atoms with Gasteiger partial charge in [-0.1, -0.05) is 27.7 Å². The van der Waals surface area contributed by atoms with Crippen LogP contribution in [0.15, 0.2) is 20.0 Å². The third kappa shape index (κ3) is 4.31. The molecule has 0 amide bonds. The van der Waals surface area contributed by atoms with E-state index >= 15 is 0 Å². The van der Waals surface area contributed by atoms with Crippen LogP contribution in [0.25, 0.3) is 0 Å². The van der Waals surface area contributed by atoms with E-state index in [2.05, 4.69) is 21.2 Å². The molecule has 1 N–H and O–H groups in total. The minimum Gasteiger partial charge on any atom is -0.452 e. The van der Waals surface area contributed by atoms with Crippen LogP contribution < -0.4 is 5.32 Å². The summed E-state index contributed by atoms with van der Waals surface area (Å²) in [5, 5.41) is 3.20. The van der Waals surface area contributed by atoms with Gasteiger partial charge in [0.05, 0.1) is 6.54 Å². The molecule has 0 unspecified atom stereocenters. The van der Waals surface area contributed by atoms with Crippen LogP contribution in [0.3, 0.4) is 0 Å². The van der Waals surface area contributed by atoms with E-state index < -0.39 is 10.0 Å². The first kappa shape index (κ1) is 17.7. The van der Waals surface area contributed by atoms with Crippen molar-refractivity contribution in [2.75, 3.05) is 13.1 Å². The Kier molecular flexibility index (Phi) is 6.71. The van der Waals surface area contributed by atoms with E-state index in [-0.39, 0.29) is 9.56 Å². The van der Waals surface area contributed by atoms with Gasteiger partial charge < -0.3 is 9.73 Å². The van der Waals surface area contributed by atoms with Gasteiger partial charge in [0.2, 0.25) is 10.0 Å². The lowest BCUT2D eigenvalue weighted by molar-refractivity contribution is 0.422. The highest BCUT2D eigenvalue weighted by Crippen LogP contribution is 2.28. The van der Waals surface area contributed by atoms with Crippen molar-refractivity contribution in [3.05, 3.63) is 16.5 Å². The van der Waals surface area contributed by atoms with Crippen LogP contribution in [-0.4, -0.2) is 31.9 Å². The molecule has 1 heterocycles. The predicted octanol–water partition coefficient (Wildman–Crippen LogP) is 2.96. The average molecular weight is 367 g/mol. The van der Waals surface area contributed by atoms with Crippen molar-refractivity contribution in [2.45, 2.75) is 51.6 Å². The van der Waals surface area contributed by atoms with Crippen molar-refractivity contribution >= 4 is 26.0 Å². The summed E-state index contributed by atoms with van der Waals surface area (Å²) >= 11 is 3.21. The molecule has 0 atom stereocenters. The molecular formula is C13H23BrN2O3S. The van der Waals surface area contributed by atoms with Crippen molar-refractivity contribution in [3.8, 4) is 0 Å². The van der Waals surface area contributed by atoms with Crippen LogP contribution in [0.4, 0.5) is 0 Å². The number of rotatable bonds is 8. The van der Waals surface area contributed by atoms with Gasteiger partial charge in [-0.2, -0.15) is 4.31 Å². The fraction of sp³-hybridized carbons (Fsp3) is 0.692. The van der Waals surface area contributed by atoms with E-state index in [0.717, 1.165) is 6.42 Å². The van der Waals surface area contributed by atoms with E-state index in [1.807, 2.05) is 27.7 Å². The zero-order chi connectivity index (χ0) is 15.3. The quantitative estimate of drug-likeness (QED) is 0.767. The highest BCUT2D eigenvalue weighted by molar-refractivity contribution is 9.10. The fourth-order valence-electron chi connectivity index (χ4n) is 1.80. The minimum absolute atomic E-state index is 0.202. The molecule has 0 aliphatic carbocycles. The van der Waals surface area contributed by atoms with Crippen LogP contribution in [0.5, 0.6) is 0 Å². The number of furan rings is 1. The summed E-state index contributed by atoms with van der Waals surface area (Å²) < 4.78 is 32.3. The van der Waals surface area contributed by atoms with Gasteiger partial charge in [-0.15, -0.1) is 0 Å². The van der Waals surface area contributed by atoms with E-state index in [1.54, 1.807) is 6.07 Å². The van der Waals surface area contributed by atoms with E-state index in [9.17, 15) is 8.42 Å². The molecule has 0 bridgehead atoms. The van der Waals surface area contributed by atoms with Crippen LogP contribution >= 0.6 is 15.9 Å². The predicted molar refractivity (Wildman–Crippen MR) is 83.1 cm³/mol. The number of hydrogen-bond donors (Lipinski definition) is 1. The molecule has 20 heavy (non-hydrogen) atoms. The average Bonchev–Trinajstić information content (AvgIpc) is 2.75. The van der Waals surface area contributed by atoms with Crippen molar-refractivity contribution in [3.63, 3.8) is 0 Å². The number of halogens is 1. The van der Waals surface area contributed by atoms with Gasteiger partial charge in [0, 0.05) is 25.2 Å². The topological polar surface area (TPSA) is 62.6 Å². The molecule has 0 fully saturated rings. The van der Waals surface area contributed by atoms with Crippen LogP contribution in [-0.2, 0) is 16.6 Å². The minimum atomic E-state index is -3.50. The second-order valence-corrected chi connectivity index (χ2v) is 7.51. The molecule has 1 aromatic rings. The number of sulfonamides is 1. The van der Waals surface area contributed by atoms with Crippen molar-refractivity contribution < 1.29 is 12.8 Å². The number of nitrogens with one attached hydrogen (secondary N) is 1. The summed E-state index contributed by atoms with van der Waals surface area (Å²) in [5.41, 5.74) is 0. The molecule has 0 aliphatic heterocycles. The zero-order valence-corrected chi connectivity index (χ0v) is 14.8. The van der Waals surface area contributed by atoms with E-state index in [1.165, 1.54) is 4.31 Å². The Hall–Kier alpha value is -0.370. The first-order valence-corrected chi connectivity index (χ1v) is 9.07. The smallest absolute Gasteiger partial charge is 0.247 e. The largest absolute Gasteiger partial charge is 0.452 e. The van der Waals surface area contributed by atoms with Gasteiger partial charge in [0.1, 0.15) is 10.7 Å².